The van der Waals surface area contributed by atoms with E-state index >= 15 is 0 Å². The molecule has 0 aliphatic carbocycles. The molecule has 1 N–H and O–H groups in total. The molecule has 0 amide bonds. The van der Waals surface area contributed by atoms with Crippen LogP contribution >= 0.6 is 0 Å². The first-order chi connectivity index (χ1) is 6.95. The molecule has 0 saturated carbocycles. The fraction of sp³-hybridized carbons (Fsp3) is 0.700. The highest BCUT2D eigenvalue weighted by Crippen LogP contribution is 2.12. The maximum Gasteiger partial charge on any atom is 0.124 e. The molecule has 1 aliphatic rings. The molecule has 0 aromatic carbocycles. The maximum atomic E-state index is 5.40. The Bertz CT molecular complexity index is 243. The molecule has 2 heterocycles. The molecule has 1 saturated heterocycles. The van der Waals surface area contributed by atoms with Gasteiger partial charge in [-0.3, -0.25) is 0 Å². The summed E-state index contributed by atoms with van der Waals surface area (Å²) in [4.78, 5) is 0. The summed E-state index contributed by atoms with van der Waals surface area (Å²) < 4.78 is 10.1. The smallest absolute Gasteiger partial charge is 0.124 e. The zero-order chi connectivity index (χ0) is 9.64. The van der Waals surface area contributed by atoms with E-state index in [9.17, 15) is 0 Å². The third-order valence-electron chi connectivity index (χ3n) is 2.48. The van der Waals surface area contributed by atoms with Crippen LogP contribution < -0.4 is 5.32 Å². The highest BCUT2D eigenvalue weighted by atomic mass is 16.5. The Balaban J connectivity index is 1.62. The first kappa shape index (κ1) is 9.68. The lowest BCUT2D eigenvalue weighted by Gasteiger charge is -2.21. The summed E-state index contributed by atoms with van der Waals surface area (Å²) in [6, 6.07) is 1.88. The molecule has 1 atom stereocenters. The van der Waals surface area contributed by atoms with Gasteiger partial charge in [-0.2, -0.15) is 0 Å². The van der Waals surface area contributed by atoms with Crippen LogP contribution in [0.3, 0.4) is 0 Å². The average molecular weight is 196 g/mol. The number of nitrogens with one attached hydrogen (secondary N) is 1. The van der Waals surface area contributed by atoms with Crippen molar-refractivity contribution in [2.24, 2.45) is 5.92 Å². The number of rotatable bonds is 4. The minimum absolute atomic E-state index is 0.663. The Labute approximate surface area is 83.6 Å². The van der Waals surface area contributed by atoms with Gasteiger partial charge in [0.05, 0.1) is 12.3 Å². The molecular formula is C10H16N2O2. The fourth-order valence-electron chi connectivity index (χ4n) is 1.70. The highest BCUT2D eigenvalue weighted by molar-refractivity contribution is 4.94. The van der Waals surface area contributed by atoms with E-state index in [-0.39, 0.29) is 0 Å². The van der Waals surface area contributed by atoms with Gasteiger partial charge in [-0.25, -0.2) is 0 Å². The van der Waals surface area contributed by atoms with E-state index in [2.05, 4.69) is 10.5 Å². The van der Waals surface area contributed by atoms with E-state index in [1.165, 1.54) is 12.8 Å². The van der Waals surface area contributed by atoms with Crippen molar-refractivity contribution in [3.8, 4) is 0 Å². The lowest BCUT2D eigenvalue weighted by Crippen LogP contribution is -2.28. The number of hydrogen-bond acceptors (Lipinski definition) is 4. The van der Waals surface area contributed by atoms with E-state index in [0.717, 1.165) is 32.0 Å². The van der Waals surface area contributed by atoms with Crippen LogP contribution in [0.2, 0.25) is 0 Å². The SMILES string of the molecule is c1cc(CNCC2CCCOC2)no1. The van der Waals surface area contributed by atoms with Gasteiger partial charge in [0.15, 0.2) is 0 Å². The molecule has 4 heteroatoms. The van der Waals surface area contributed by atoms with E-state index in [1.54, 1.807) is 6.26 Å². The van der Waals surface area contributed by atoms with Gasteiger partial charge in [0.1, 0.15) is 6.26 Å². The van der Waals surface area contributed by atoms with Crippen molar-refractivity contribution in [3.05, 3.63) is 18.0 Å². The van der Waals surface area contributed by atoms with E-state index in [0.29, 0.717) is 5.92 Å². The van der Waals surface area contributed by atoms with Crippen molar-refractivity contribution in [2.75, 3.05) is 19.8 Å². The first-order valence-electron chi connectivity index (χ1n) is 5.13. The van der Waals surface area contributed by atoms with Gasteiger partial charge in [-0.05, 0) is 18.8 Å². The molecule has 0 spiro atoms. The quantitative estimate of drug-likeness (QED) is 0.785. The first-order valence-corrected chi connectivity index (χ1v) is 5.13. The Morgan fingerprint density at radius 3 is 3.29 bits per heavy atom. The van der Waals surface area contributed by atoms with Crippen molar-refractivity contribution in [1.29, 1.82) is 0 Å². The second-order valence-electron chi connectivity index (χ2n) is 3.70. The second kappa shape index (κ2) is 5.12. The third kappa shape index (κ3) is 2.82. The van der Waals surface area contributed by atoms with Gasteiger partial charge in [0.25, 0.3) is 0 Å². The van der Waals surface area contributed by atoms with Gasteiger partial charge in [0.2, 0.25) is 0 Å². The van der Waals surface area contributed by atoms with Crippen molar-refractivity contribution in [1.82, 2.24) is 10.5 Å². The van der Waals surface area contributed by atoms with Crippen LogP contribution in [0, 0.1) is 5.92 Å². The van der Waals surface area contributed by atoms with Gasteiger partial charge in [0, 0.05) is 25.8 Å². The predicted molar refractivity (Wildman–Crippen MR) is 51.8 cm³/mol. The lowest BCUT2D eigenvalue weighted by atomic mass is 10.0. The molecule has 1 aliphatic heterocycles. The van der Waals surface area contributed by atoms with Crippen molar-refractivity contribution in [3.63, 3.8) is 0 Å². The minimum atomic E-state index is 0.663. The summed E-state index contributed by atoms with van der Waals surface area (Å²) in [5.74, 6) is 0.663. The monoisotopic (exact) mass is 196 g/mol. The van der Waals surface area contributed by atoms with Crippen LogP contribution in [0.5, 0.6) is 0 Å². The van der Waals surface area contributed by atoms with Crippen LogP contribution in [-0.4, -0.2) is 24.9 Å². The van der Waals surface area contributed by atoms with Crippen molar-refractivity contribution >= 4 is 0 Å². The molecule has 0 bridgehead atoms. The maximum absolute atomic E-state index is 5.40. The summed E-state index contributed by atoms with van der Waals surface area (Å²) in [6.07, 6.45) is 4.06. The van der Waals surface area contributed by atoms with E-state index in [4.69, 9.17) is 9.26 Å². The molecule has 2 rings (SSSR count). The molecule has 1 aromatic rings. The summed E-state index contributed by atoms with van der Waals surface area (Å²) >= 11 is 0. The van der Waals surface area contributed by atoms with Crippen molar-refractivity contribution in [2.45, 2.75) is 19.4 Å². The molecule has 78 valence electrons. The highest BCUT2D eigenvalue weighted by Gasteiger charge is 2.12. The summed E-state index contributed by atoms with van der Waals surface area (Å²) in [7, 11) is 0. The molecule has 14 heavy (non-hydrogen) atoms. The summed E-state index contributed by atoms with van der Waals surface area (Å²) in [5.41, 5.74) is 0.960. The number of hydrogen-bond donors (Lipinski definition) is 1. The lowest BCUT2D eigenvalue weighted by molar-refractivity contribution is 0.0547. The molecule has 1 aromatic heterocycles. The Hall–Kier alpha value is -0.870. The van der Waals surface area contributed by atoms with Gasteiger partial charge >= 0.3 is 0 Å². The predicted octanol–water partition coefficient (Wildman–Crippen LogP) is 1.19. The van der Waals surface area contributed by atoms with Crippen LogP contribution in [0.4, 0.5) is 0 Å². The Kier molecular flexibility index (Phi) is 3.54. The summed E-state index contributed by atoms with van der Waals surface area (Å²) in [5, 5.41) is 7.19. The third-order valence-corrected chi connectivity index (χ3v) is 2.48. The standard InChI is InChI=1S/C10H16N2O2/c1-2-9(8-13-4-1)6-11-7-10-3-5-14-12-10/h3,5,9,11H,1-2,4,6-8H2. The Morgan fingerprint density at radius 2 is 2.57 bits per heavy atom. The van der Waals surface area contributed by atoms with Crippen LogP contribution in [0.15, 0.2) is 16.9 Å². The van der Waals surface area contributed by atoms with Crippen molar-refractivity contribution < 1.29 is 9.26 Å². The fourth-order valence-corrected chi connectivity index (χ4v) is 1.70. The largest absolute Gasteiger partial charge is 0.381 e. The van der Waals surface area contributed by atoms with Gasteiger partial charge < -0.3 is 14.6 Å². The molecule has 0 radical (unpaired) electrons. The second-order valence-corrected chi connectivity index (χ2v) is 3.70. The van der Waals surface area contributed by atoms with Gasteiger partial charge in [-0.15, -0.1) is 0 Å². The number of nitrogens with zero attached hydrogens (tertiary/aromatic N) is 1. The molecular weight excluding hydrogens is 180 g/mol. The van der Waals surface area contributed by atoms with Crippen LogP contribution in [-0.2, 0) is 11.3 Å². The zero-order valence-electron chi connectivity index (χ0n) is 8.24. The molecule has 1 fully saturated rings. The average Bonchev–Trinajstić information content (AvgIpc) is 2.72. The number of ether oxygens (including phenoxy) is 1. The molecule has 1 unspecified atom stereocenters. The van der Waals surface area contributed by atoms with Crippen LogP contribution in [0.25, 0.3) is 0 Å². The van der Waals surface area contributed by atoms with Gasteiger partial charge in [-0.1, -0.05) is 5.16 Å². The van der Waals surface area contributed by atoms with E-state index < -0.39 is 0 Å². The topological polar surface area (TPSA) is 47.3 Å². The minimum Gasteiger partial charge on any atom is -0.381 e. The van der Waals surface area contributed by atoms with Crippen LogP contribution in [0.1, 0.15) is 18.5 Å². The normalized spacial score (nSPS) is 22.4. The van der Waals surface area contributed by atoms with E-state index in [1.807, 2.05) is 6.07 Å². The summed E-state index contributed by atoms with van der Waals surface area (Å²) in [6.45, 7) is 3.62. The Morgan fingerprint density at radius 1 is 1.57 bits per heavy atom. The zero-order valence-corrected chi connectivity index (χ0v) is 8.24. The number of aromatic nitrogens is 1. The molecule has 4 nitrogen and oxygen atoms in total.